The van der Waals surface area contributed by atoms with E-state index in [1.54, 1.807) is 12.1 Å². The van der Waals surface area contributed by atoms with Crippen LogP contribution in [0.1, 0.15) is 16.7 Å². The standard InChI is InChI=1S/C18H22N2O3S/c1-13-5-10-17(14(2)11-13)19-18(21)12-15-6-8-16(9-7-15)24(22,23)20(3)4/h5-11H,12H2,1-4H3,(H,19,21). The fraction of sp³-hybridized carbons (Fsp3) is 0.278. The molecule has 1 amide bonds. The Hall–Kier alpha value is -2.18. The van der Waals surface area contributed by atoms with Crippen LogP contribution in [0.5, 0.6) is 0 Å². The highest BCUT2D eigenvalue weighted by Crippen LogP contribution is 2.17. The fourth-order valence-electron chi connectivity index (χ4n) is 2.32. The Morgan fingerprint density at radius 2 is 1.67 bits per heavy atom. The van der Waals surface area contributed by atoms with Crippen LogP contribution in [0, 0.1) is 13.8 Å². The van der Waals surface area contributed by atoms with E-state index in [1.165, 1.54) is 26.2 Å². The highest BCUT2D eigenvalue weighted by atomic mass is 32.2. The number of carbonyl (C=O) groups is 1. The van der Waals surface area contributed by atoms with E-state index >= 15 is 0 Å². The average molecular weight is 346 g/mol. The zero-order valence-corrected chi connectivity index (χ0v) is 15.1. The Morgan fingerprint density at radius 1 is 1.04 bits per heavy atom. The topological polar surface area (TPSA) is 66.5 Å². The van der Waals surface area contributed by atoms with Crippen LogP contribution >= 0.6 is 0 Å². The molecule has 128 valence electrons. The van der Waals surface area contributed by atoms with Crippen LogP contribution in [0.15, 0.2) is 47.4 Å². The lowest BCUT2D eigenvalue weighted by Crippen LogP contribution is -2.22. The minimum atomic E-state index is -3.45. The van der Waals surface area contributed by atoms with E-state index in [0.717, 1.165) is 26.7 Å². The molecule has 0 unspecified atom stereocenters. The number of nitrogens with zero attached hydrogens (tertiary/aromatic N) is 1. The summed E-state index contributed by atoms with van der Waals surface area (Å²) in [5.41, 5.74) is 3.70. The molecule has 0 radical (unpaired) electrons. The molecule has 2 rings (SSSR count). The maximum atomic E-state index is 12.2. The predicted octanol–water partition coefficient (Wildman–Crippen LogP) is 2.73. The summed E-state index contributed by atoms with van der Waals surface area (Å²) in [5.74, 6) is -0.134. The molecule has 0 spiro atoms. The van der Waals surface area contributed by atoms with Gasteiger partial charge >= 0.3 is 0 Å². The number of benzene rings is 2. The van der Waals surface area contributed by atoms with Gasteiger partial charge in [-0.15, -0.1) is 0 Å². The Morgan fingerprint density at radius 3 is 2.21 bits per heavy atom. The molecule has 0 aliphatic rings. The summed E-state index contributed by atoms with van der Waals surface area (Å²) >= 11 is 0. The molecule has 0 fully saturated rings. The van der Waals surface area contributed by atoms with Gasteiger partial charge < -0.3 is 5.32 Å². The number of anilines is 1. The minimum Gasteiger partial charge on any atom is -0.326 e. The van der Waals surface area contributed by atoms with E-state index in [0.29, 0.717) is 0 Å². The zero-order chi connectivity index (χ0) is 17.9. The first-order valence-electron chi connectivity index (χ1n) is 7.59. The van der Waals surface area contributed by atoms with Crippen LogP contribution in [0.3, 0.4) is 0 Å². The van der Waals surface area contributed by atoms with Crippen LogP contribution in [-0.4, -0.2) is 32.7 Å². The third kappa shape index (κ3) is 4.21. The van der Waals surface area contributed by atoms with Gasteiger partial charge in [0.25, 0.3) is 0 Å². The van der Waals surface area contributed by atoms with Gasteiger partial charge in [-0.1, -0.05) is 29.8 Å². The van der Waals surface area contributed by atoms with Gasteiger partial charge in [0, 0.05) is 19.8 Å². The second-order valence-electron chi connectivity index (χ2n) is 5.97. The maximum absolute atomic E-state index is 12.2. The Bertz CT molecular complexity index is 841. The normalized spacial score (nSPS) is 11.5. The smallest absolute Gasteiger partial charge is 0.242 e. The number of sulfonamides is 1. The van der Waals surface area contributed by atoms with E-state index in [4.69, 9.17) is 0 Å². The quantitative estimate of drug-likeness (QED) is 0.905. The van der Waals surface area contributed by atoms with Crippen LogP contribution in [0.2, 0.25) is 0 Å². The summed E-state index contributed by atoms with van der Waals surface area (Å²) in [6, 6.07) is 12.2. The molecular weight excluding hydrogens is 324 g/mol. The van der Waals surface area contributed by atoms with Crippen molar-refractivity contribution in [2.45, 2.75) is 25.2 Å². The van der Waals surface area contributed by atoms with Gasteiger partial charge in [-0.25, -0.2) is 12.7 Å². The molecule has 24 heavy (non-hydrogen) atoms. The first-order chi connectivity index (χ1) is 11.2. The number of carbonyl (C=O) groups excluding carboxylic acids is 1. The first kappa shape index (κ1) is 18.2. The van der Waals surface area contributed by atoms with Gasteiger partial charge in [0.2, 0.25) is 15.9 Å². The van der Waals surface area contributed by atoms with Crippen molar-refractivity contribution in [2.24, 2.45) is 0 Å². The summed E-state index contributed by atoms with van der Waals surface area (Å²) in [4.78, 5) is 12.4. The lowest BCUT2D eigenvalue weighted by Gasteiger charge is -2.12. The molecule has 2 aromatic rings. The van der Waals surface area contributed by atoms with Crippen molar-refractivity contribution in [1.82, 2.24) is 4.31 Å². The molecule has 1 N–H and O–H groups in total. The highest BCUT2D eigenvalue weighted by Gasteiger charge is 2.16. The largest absolute Gasteiger partial charge is 0.326 e. The molecule has 0 bridgehead atoms. The van der Waals surface area contributed by atoms with Crippen molar-refractivity contribution >= 4 is 21.6 Å². The molecule has 0 heterocycles. The minimum absolute atomic E-state index is 0.134. The Kier molecular flexibility index (Phi) is 5.41. The predicted molar refractivity (Wildman–Crippen MR) is 95.6 cm³/mol. The van der Waals surface area contributed by atoms with E-state index < -0.39 is 10.0 Å². The number of amides is 1. The first-order valence-corrected chi connectivity index (χ1v) is 9.03. The van der Waals surface area contributed by atoms with Crippen molar-refractivity contribution < 1.29 is 13.2 Å². The number of rotatable bonds is 5. The molecule has 0 aromatic heterocycles. The zero-order valence-electron chi connectivity index (χ0n) is 14.3. The molecule has 0 saturated heterocycles. The summed E-state index contributed by atoms with van der Waals surface area (Å²) in [5, 5.41) is 2.88. The van der Waals surface area contributed by atoms with Crippen LogP contribution in [0.4, 0.5) is 5.69 Å². The summed E-state index contributed by atoms with van der Waals surface area (Å²) in [7, 11) is -0.474. The molecule has 0 aliphatic heterocycles. The lowest BCUT2D eigenvalue weighted by atomic mass is 10.1. The molecule has 5 nitrogen and oxygen atoms in total. The molecule has 0 atom stereocenters. The van der Waals surface area contributed by atoms with E-state index in [2.05, 4.69) is 5.32 Å². The van der Waals surface area contributed by atoms with Crippen molar-refractivity contribution in [3.05, 3.63) is 59.2 Å². The van der Waals surface area contributed by atoms with Gasteiger partial charge in [-0.05, 0) is 43.2 Å². The van der Waals surface area contributed by atoms with E-state index in [9.17, 15) is 13.2 Å². The maximum Gasteiger partial charge on any atom is 0.242 e. The number of hydrogen-bond acceptors (Lipinski definition) is 3. The number of aryl methyl sites for hydroxylation is 2. The lowest BCUT2D eigenvalue weighted by molar-refractivity contribution is -0.115. The van der Waals surface area contributed by atoms with E-state index in [1.807, 2.05) is 32.0 Å². The molecular formula is C18H22N2O3S. The second kappa shape index (κ2) is 7.15. The summed E-state index contributed by atoms with van der Waals surface area (Å²) in [6.45, 7) is 3.95. The third-order valence-electron chi connectivity index (χ3n) is 3.72. The Labute approximate surface area is 143 Å². The fourth-order valence-corrected chi connectivity index (χ4v) is 3.23. The average Bonchev–Trinajstić information content (AvgIpc) is 2.50. The van der Waals surface area contributed by atoms with Gasteiger partial charge in [0.05, 0.1) is 11.3 Å². The van der Waals surface area contributed by atoms with Crippen LogP contribution < -0.4 is 5.32 Å². The third-order valence-corrected chi connectivity index (χ3v) is 5.55. The van der Waals surface area contributed by atoms with Crippen LogP contribution in [0.25, 0.3) is 0 Å². The van der Waals surface area contributed by atoms with Gasteiger partial charge in [0.1, 0.15) is 0 Å². The van der Waals surface area contributed by atoms with E-state index in [-0.39, 0.29) is 17.2 Å². The number of nitrogens with one attached hydrogen (secondary N) is 1. The summed E-state index contributed by atoms with van der Waals surface area (Å²) < 4.78 is 25.2. The molecule has 2 aromatic carbocycles. The molecule has 6 heteroatoms. The van der Waals surface area contributed by atoms with Crippen molar-refractivity contribution in [2.75, 3.05) is 19.4 Å². The SMILES string of the molecule is Cc1ccc(NC(=O)Cc2ccc(S(=O)(=O)N(C)C)cc2)c(C)c1. The van der Waals surface area contributed by atoms with Gasteiger partial charge in [-0.2, -0.15) is 0 Å². The highest BCUT2D eigenvalue weighted by molar-refractivity contribution is 7.89. The van der Waals surface area contributed by atoms with Crippen molar-refractivity contribution in [1.29, 1.82) is 0 Å². The van der Waals surface area contributed by atoms with Gasteiger partial charge in [0.15, 0.2) is 0 Å². The van der Waals surface area contributed by atoms with Crippen LogP contribution in [-0.2, 0) is 21.2 Å². The monoisotopic (exact) mass is 346 g/mol. The molecule has 0 aliphatic carbocycles. The van der Waals surface area contributed by atoms with Gasteiger partial charge in [-0.3, -0.25) is 4.79 Å². The van der Waals surface area contributed by atoms with Crippen molar-refractivity contribution in [3.63, 3.8) is 0 Å². The summed E-state index contributed by atoms with van der Waals surface area (Å²) in [6.07, 6.45) is 0.190. The van der Waals surface area contributed by atoms with Crippen molar-refractivity contribution in [3.8, 4) is 0 Å². The molecule has 0 saturated carbocycles. The second-order valence-corrected chi connectivity index (χ2v) is 8.13. The number of hydrogen-bond donors (Lipinski definition) is 1. The Balaban J connectivity index is 2.07.